The van der Waals surface area contributed by atoms with Gasteiger partial charge in [-0.1, -0.05) is 26.8 Å². The van der Waals surface area contributed by atoms with Gasteiger partial charge in [0, 0.05) is 20.6 Å². The van der Waals surface area contributed by atoms with Gasteiger partial charge in [0.2, 0.25) is 0 Å². The first-order valence-electron chi connectivity index (χ1n) is 12.1. The molecule has 1 aromatic rings. The number of likely N-dealkylation sites (tertiary alicyclic amines) is 1. The number of hydrogen-bond donors (Lipinski definition) is 1. The monoisotopic (exact) mass is 465 g/mol. The highest BCUT2D eigenvalue weighted by Gasteiger charge is 2.18. The fraction of sp³-hybridized carbons (Fsp3) is 0.654. The molecule has 1 N–H and O–H groups in total. The largest absolute Gasteiger partial charge is 0.493 e. The second-order valence-electron chi connectivity index (χ2n) is 9.98. The van der Waals surface area contributed by atoms with E-state index in [2.05, 4.69) is 44.6 Å². The van der Waals surface area contributed by atoms with Crippen LogP contribution < -0.4 is 10.1 Å². The van der Waals surface area contributed by atoms with Crippen molar-refractivity contribution in [3.8, 4) is 5.75 Å². The summed E-state index contributed by atoms with van der Waals surface area (Å²) in [5, 5.41) is 2.62. The predicted molar refractivity (Wildman–Crippen MR) is 135 cm³/mol. The summed E-state index contributed by atoms with van der Waals surface area (Å²) in [5.41, 5.74) is 0.477. The van der Waals surface area contributed by atoms with Gasteiger partial charge in [0.05, 0.1) is 25.5 Å². The third-order valence-electron chi connectivity index (χ3n) is 5.96. The lowest BCUT2D eigenvalue weighted by molar-refractivity contribution is 0.0564. The number of allylic oxidation sites excluding steroid dienone is 1. The highest BCUT2D eigenvalue weighted by molar-refractivity contribution is 5.89. The molecular weight excluding hydrogens is 421 g/mol. The summed E-state index contributed by atoms with van der Waals surface area (Å²) in [7, 11) is 2.17. The Labute approximate surface area is 200 Å². The zero-order chi connectivity index (χ0) is 24.3. The summed E-state index contributed by atoms with van der Waals surface area (Å²) >= 11 is 0. The van der Waals surface area contributed by atoms with Crippen molar-refractivity contribution in [2.45, 2.75) is 46.5 Å². The van der Waals surface area contributed by atoms with Gasteiger partial charge in [0.1, 0.15) is 11.6 Å². The van der Waals surface area contributed by atoms with E-state index in [1.54, 1.807) is 17.0 Å². The van der Waals surface area contributed by atoms with Crippen LogP contribution in [0, 0.1) is 17.2 Å². The van der Waals surface area contributed by atoms with Gasteiger partial charge in [-0.2, -0.15) is 0 Å². The van der Waals surface area contributed by atoms with Crippen LogP contribution in [-0.2, 0) is 4.74 Å². The fourth-order valence-corrected chi connectivity index (χ4v) is 3.56. The van der Waals surface area contributed by atoms with Crippen molar-refractivity contribution in [3.63, 3.8) is 0 Å². The number of rotatable bonds is 6. The summed E-state index contributed by atoms with van der Waals surface area (Å²) in [4.78, 5) is 16.1. The summed E-state index contributed by atoms with van der Waals surface area (Å²) in [5.74, 6) is 0.795. The van der Waals surface area contributed by atoms with E-state index in [0.29, 0.717) is 44.1 Å². The smallest absolute Gasteiger partial charge is 0.322 e. The molecule has 0 unspecified atom stereocenters. The number of amides is 2. The van der Waals surface area contributed by atoms with E-state index in [1.807, 2.05) is 6.08 Å². The average molecular weight is 466 g/mol. The first-order chi connectivity index (χ1) is 15.7. The van der Waals surface area contributed by atoms with Crippen molar-refractivity contribution in [2.75, 3.05) is 58.4 Å². The van der Waals surface area contributed by atoms with E-state index in [0.717, 1.165) is 18.8 Å². The first-order valence-corrected chi connectivity index (χ1v) is 12.1. The van der Waals surface area contributed by atoms with Gasteiger partial charge in [0.25, 0.3) is 0 Å². The number of halogens is 1. The van der Waals surface area contributed by atoms with Crippen LogP contribution in [0.1, 0.15) is 47.9 Å². The lowest BCUT2D eigenvalue weighted by atomic mass is 9.93. The quantitative estimate of drug-likeness (QED) is 0.435. The molecule has 7 heteroatoms. The number of urea groups is 1. The van der Waals surface area contributed by atoms with Crippen LogP contribution in [0.3, 0.4) is 0 Å². The minimum absolute atomic E-state index is 0. The van der Waals surface area contributed by atoms with Gasteiger partial charge in [0.15, 0.2) is 0 Å². The Kier molecular flexibility index (Phi) is 11.1. The summed E-state index contributed by atoms with van der Waals surface area (Å²) in [6, 6.07) is 4.29. The van der Waals surface area contributed by atoms with Crippen LogP contribution in [0.4, 0.5) is 14.9 Å². The predicted octanol–water partition coefficient (Wildman–Crippen LogP) is 5.66. The molecule has 2 aliphatic heterocycles. The Morgan fingerprint density at radius 3 is 2.48 bits per heavy atom. The maximum atomic E-state index is 14.3. The Bertz CT molecular complexity index is 743. The molecule has 3 rings (SSSR count). The van der Waals surface area contributed by atoms with E-state index in [9.17, 15) is 9.18 Å². The van der Waals surface area contributed by atoms with Gasteiger partial charge < -0.3 is 24.6 Å². The molecule has 188 valence electrons. The van der Waals surface area contributed by atoms with Crippen molar-refractivity contribution in [2.24, 2.45) is 11.3 Å². The summed E-state index contributed by atoms with van der Waals surface area (Å²) in [6.45, 7) is 15.0. The molecule has 0 aromatic heterocycles. The minimum Gasteiger partial charge on any atom is -0.493 e. The zero-order valence-electron chi connectivity index (χ0n) is 20.9. The second-order valence-corrected chi connectivity index (χ2v) is 9.98. The Balaban J connectivity index is 0.000000735. The summed E-state index contributed by atoms with van der Waals surface area (Å²) in [6.07, 6.45) is 6.58. The Hall–Kier alpha value is -2.12. The van der Waals surface area contributed by atoms with Gasteiger partial charge in [-0.3, -0.25) is 0 Å². The normalized spacial score (nSPS) is 17.7. The molecule has 0 bridgehead atoms. The van der Waals surface area contributed by atoms with E-state index in [4.69, 9.17) is 9.47 Å². The topological polar surface area (TPSA) is 54.0 Å². The molecule has 0 saturated carbocycles. The number of carbonyl (C=O) groups is 1. The van der Waals surface area contributed by atoms with Crippen molar-refractivity contribution in [1.82, 2.24) is 9.80 Å². The molecule has 0 aliphatic carbocycles. The maximum absolute atomic E-state index is 14.3. The number of benzene rings is 1. The lowest BCUT2D eigenvalue weighted by Crippen LogP contribution is -2.43. The second kappa shape index (κ2) is 13.6. The van der Waals surface area contributed by atoms with Crippen LogP contribution in [-0.4, -0.2) is 68.9 Å². The molecule has 2 heterocycles. The number of piperidine rings is 1. The number of nitrogens with zero attached hydrogens (tertiary/aromatic N) is 2. The highest BCUT2D eigenvalue weighted by Crippen LogP contribution is 2.23. The zero-order valence-corrected chi connectivity index (χ0v) is 20.9. The van der Waals surface area contributed by atoms with E-state index >= 15 is 0 Å². The molecule has 0 atom stereocenters. The van der Waals surface area contributed by atoms with Crippen molar-refractivity contribution in [1.29, 1.82) is 0 Å². The van der Waals surface area contributed by atoms with Crippen LogP contribution in [0.5, 0.6) is 5.75 Å². The van der Waals surface area contributed by atoms with Gasteiger partial charge in [-0.25, -0.2) is 9.18 Å². The molecule has 0 spiro atoms. The molecular formula is C26H44FN3O3. The third kappa shape index (κ3) is 10.6. The van der Waals surface area contributed by atoms with Crippen LogP contribution in [0.2, 0.25) is 0 Å². The number of carbonyl (C=O) groups excluding carboxylic acids is 1. The standard InChI is InChI=1S/C20H30FN3O3.C6H12.H2/c1-23-8-6-16(7-9-23)3-2-12-27-17-4-5-19(18(21)15-17)22-20(25)24-10-13-26-14-11-24;1-5-6(2,3)4;/h4-5,15-16H,2-3,6-14H2,1H3,(H,22,25);5H,1H2,2-4H3;1H. The van der Waals surface area contributed by atoms with Gasteiger partial charge in [-0.15, -0.1) is 6.58 Å². The molecule has 2 aliphatic rings. The average Bonchev–Trinajstić information content (AvgIpc) is 2.80. The molecule has 2 fully saturated rings. The SMILES string of the molecule is C=CC(C)(C)C.CN1CCC(CCCOc2ccc(NC(=O)N3CCOCC3)c(F)c2)CC1.[HH]. The van der Waals surface area contributed by atoms with Crippen molar-refractivity contribution < 1.29 is 20.1 Å². The summed E-state index contributed by atoms with van der Waals surface area (Å²) < 4.78 is 25.2. The maximum Gasteiger partial charge on any atom is 0.322 e. The Morgan fingerprint density at radius 1 is 1.27 bits per heavy atom. The van der Waals surface area contributed by atoms with Crippen molar-refractivity contribution in [3.05, 3.63) is 36.7 Å². The molecule has 6 nitrogen and oxygen atoms in total. The van der Waals surface area contributed by atoms with Gasteiger partial charge >= 0.3 is 6.03 Å². The molecule has 0 radical (unpaired) electrons. The molecule has 2 amide bonds. The lowest BCUT2D eigenvalue weighted by Gasteiger charge is -2.28. The molecule has 1 aromatic carbocycles. The number of nitrogens with one attached hydrogen (secondary N) is 1. The first kappa shape index (κ1) is 27.1. The number of hydrogen-bond acceptors (Lipinski definition) is 4. The minimum atomic E-state index is -0.482. The van der Waals surface area contributed by atoms with E-state index < -0.39 is 5.82 Å². The number of anilines is 1. The molecule has 33 heavy (non-hydrogen) atoms. The third-order valence-corrected chi connectivity index (χ3v) is 5.96. The van der Waals surface area contributed by atoms with Crippen molar-refractivity contribution >= 4 is 11.7 Å². The van der Waals surface area contributed by atoms with Crippen LogP contribution in [0.15, 0.2) is 30.9 Å². The van der Waals surface area contributed by atoms with E-state index in [-0.39, 0.29) is 13.1 Å². The Morgan fingerprint density at radius 2 is 1.91 bits per heavy atom. The van der Waals surface area contributed by atoms with E-state index in [1.165, 1.54) is 32.0 Å². The highest BCUT2D eigenvalue weighted by atomic mass is 19.1. The number of ether oxygens (including phenoxy) is 2. The number of morpholine rings is 1. The van der Waals surface area contributed by atoms with Crippen LogP contribution >= 0.6 is 0 Å². The molecule has 2 saturated heterocycles. The van der Waals surface area contributed by atoms with Crippen LogP contribution in [0.25, 0.3) is 0 Å². The fourth-order valence-electron chi connectivity index (χ4n) is 3.56. The van der Waals surface area contributed by atoms with Gasteiger partial charge in [-0.05, 0) is 69.3 Å².